The molecule has 1 N–H and O–H groups in total. The van der Waals surface area contributed by atoms with Crippen LogP contribution in [0.15, 0.2) is 115 Å². The number of hydrogen-bond acceptors (Lipinski definition) is 5. The molecule has 0 aliphatic rings. The van der Waals surface area contributed by atoms with E-state index in [1.165, 1.54) is 4.90 Å². The van der Waals surface area contributed by atoms with Gasteiger partial charge in [-0.15, -0.1) is 0 Å². The number of carbonyl (C=O) groups excluding carboxylic acids is 2. The molecule has 2 amide bonds. The van der Waals surface area contributed by atoms with E-state index >= 15 is 0 Å². The molecule has 4 aromatic carbocycles. The fourth-order valence-electron chi connectivity index (χ4n) is 4.89. The van der Waals surface area contributed by atoms with Crippen molar-refractivity contribution in [2.75, 3.05) is 26.5 Å². The average molecular weight is 614 g/mol. The van der Waals surface area contributed by atoms with Gasteiger partial charge in [-0.05, 0) is 40.8 Å². The summed E-state index contributed by atoms with van der Waals surface area (Å²) < 4.78 is 32.2. The standard InChI is InChI=1S/C35H39N3O5S/c1-43-32-20-18-31(19-21-32)26-38(34(39)27-37(44(2,41)42)25-30-16-10-5-11-17-30)33(24-29-14-8-4-9-15-29)35(40)36-23-22-28-12-6-3-7-13-28/h3-21,33H,22-27H2,1-2H3,(H,36,40)/t33-/m0/s1. The molecular weight excluding hydrogens is 574 g/mol. The number of amides is 2. The van der Waals surface area contributed by atoms with Crippen molar-refractivity contribution in [1.29, 1.82) is 0 Å². The molecule has 0 radical (unpaired) electrons. The molecule has 4 aromatic rings. The molecule has 4 rings (SSSR count). The Hall–Kier alpha value is -4.47. The van der Waals surface area contributed by atoms with Gasteiger partial charge in [-0.25, -0.2) is 8.42 Å². The minimum absolute atomic E-state index is 0.0361. The number of methoxy groups -OCH3 is 1. The van der Waals surface area contributed by atoms with Crippen LogP contribution in [0.2, 0.25) is 0 Å². The lowest BCUT2D eigenvalue weighted by atomic mass is 10.0. The monoisotopic (exact) mass is 613 g/mol. The minimum atomic E-state index is -3.75. The van der Waals surface area contributed by atoms with Crippen molar-refractivity contribution in [3.8, 4) is 5.75 Å². The Labute approximate surface area is 260 Å². The van der Waals surface area contributed by atoms with Crippen molar-refractivity contribution >= 4 is 21.8 Å². The van der Waals surface area contributed by atoms with Crippen LogP contribution < -0.4 is 10.1 Å². The van der Waals surface area contributed by atoms with Crippen LogP contribution in [-0.2, 0) is 45.5 Å². The third-order valence-corrected chi connectivity index (χ3v) is 8.52. The highest BCUT2D eigenvalue weighted by Gasteiger charge is 2.32. The highest BCUT2D eigenvalue weighted by molar-refractivity contribution is 7.88. The zero-order chi connectivity index (χ0) is 31.4. The molecule has 1 atom stereocenters. The van der Waals surface area contributed by atoms with Gasteiger partial charge in [0.1, 0.15) is 11.8 Å². The maximum Gasteiger partial charge on any atom is 0.243 e. The molecule has 0 aromatic heterocycles. The first-order valence-electron chi connectivity index (χ1n) is 14.5. The summed E-state index contributed by atoms with van der Waals surface area (Å²) in [5, 5.41) is 3.03. The predicted octanol–water partition coefficient (Wildman–Crippen LogP) is 4.46. The first kappa shape index (κ1) is 32.4. The number of hydrogen-bond donors (Lipinski definition) is 1. The van der Waals surface area contributed by atoms with Crippen LogP contribution in [-0.4, -0.2) is 61.9 Å². The second kappa shape index (κ2) is 15.8. The summed E-state index contributed by atoms with van der Waals surface area (Å²) in [7, 11) is -2.18. The molecule has 0 aliphatic heterocycles. The highest BCUT2D eigenvalue weighted by Crippen LogP contribution is 2.19. The van der Waals surface area contributed by atoms with Crippen molar-refractivity contribution in [2.45, 2.75) is 32.0 Å². The van der Waals surface area contributed by atoms with Gasteiger partial charge in [-0.2, -0.15) is 4.31 Å². The highest BCUT2D eigenvalue weighted by atomic mass is 32.2. The second-order valence-corrected chi connectivity index (χ2v) is 12.6. The van der Waals surface area contributed by atoms with Crippen LogP contribution in [0, 0.1) is 0 Å². The summed E-state index contributed by atoms with van der Waals surface area (Å²) in [4.78, 5) is 29.6. The fraction of sp³-hybridized carbons (Fsp3) is 0.257. The van der Waals surface area contributed by atoms with E-state index in [2.05, 4.69) is 5.32 Å². The van der Waals surface area contributed by atoms with Crippen LogP contribution >= 0.6 is 0 Å². The lowest BCUT2D eigenvalue weighted by molar-refractivity contribution is -0.141. The first-order chi connectivity index (χ1) is 21.2. The van der Waals surface area contributed by atoms with Crippen LogP contribution in [0.25, 0.3) is 0 Å². The quantitative estimate of drug-likeness (QED) is 0.214. The number of rotatable bonds is 15. The van der Waals surface area contributed by atoms with Crippen LogP contribution in [0.4, 0.5) is 0 Å². The zero-order valence-electron chi connectivity index (χ0n) is 25.1. The van der Waals surface area contributed by atoms with E-state index in [0.717, 1.165) is 32.8 Å². The summed E-state index contributed by atoms with van der Waals surface area (Å²) >= 11 is 0. The average Bonchev–Trinajstić information content (AvgIpc) is 3.03. The van der Waals surface area contributed by atoms with E-state index in [9.17, 15) is 18.0 Å². The normalized spacial score (nSPS) is 12.0. The maximum absolute atomic E-state index is 14.2. The van der Waals surface area contributed by atoms with Gasteiger partial charge in [-0.1, -0.05) is 103 Å². The molecule has 0 saturated heterocycles. The van der Waals surface area contributed by atoms with Gasteiger partial charge >= 0.3 is 0 Å². The van der Waals surface area contributed by atoms with Crippen molar-refractivity contribution in [2.24, 2.45) is 0 Å². The van der Waals surface area contributed by atoms with Crippen LogP contribution in [0.1, 0.15) is 22.3 Å². The van der Waals surface area contributed by atoms with E-state index in [-0.39, 0.29) is 25.4 Å². The number of carbonyl (C=O) groups is 2. The predicted molar refractivity (Wildman–Crippen MR) is 172 cm³/mol. The minimum Gasteiger partial charge on any atom is -0.497 e. The smallest absolute Gasteiger partial charge is 0.243 e. The van der Waals surface area contributed by atoms with E-state index in [1.807, 2.05) is 103 Å². The number of ether oxygens (including phenoxy) is 1. The fourth-order valence-corrected chi connectivity index (χ4v) is 5.62. The summed E-state index contributed by atoms with van der Waals surface area (Å²) in [6.45, 7) is 0.123. The third-order valence-electron chi connectivity index (χ3n) is 7.32. The summed E-state index contributed by atoms with van der Waals surface area (Å²) in [6.07, 6.45) is 1.99. The van der Waals surface area contributed by atoms with E-state index in [4.69, 9.17) is 4.74 Å². The summed E-state index contributed by atoms with van der Waals surface area (Å²) in [5.41, 5.74) is 3.51. The number of benzene rings is 4. The van der Waals surface area contributed by atoms with Crippen molar-refractivity contribution < 1.29 is 22.7 Å². The SMILES string of the molecule is COc1ccc(CN(C(=O)CN(Cc2ccccc2)S(C)(=O)=O)[C@@H](Cc2ccccc2)C(=O)NCCc2ccccc2)cc1. The Balaban J connectivity index is 1.65. The zero-order valence-corrected chi connectivity index (χ0v) is 26.0. The molecule has 0 aliphatic carbocycles. The van der Waals surface area contributed by atoms with Crippen LogP contribution in [0.3, 0.4) is 0 Å². The topological polar surface area (TPSA) is 96.0 Å². The number of nitrogens with one attached hydrogen (secondary N) is 1. The van der Waals surface area contributed by atoms with Crippen LogP contribution in [0.5, 0.6) is 5.75 Å². The van der Waals surface area contributed by atoms with Gasteiger partial charge in [0.2, 0.25) is 21.8 Å². The molecule has 0 bridgehead atoms. The molecule has 0 heterocycles. The van der Waals surface area contributed by atoms with Crippen molar-refractivity contribution in [3.63, 3.8) is 0 Å². The molecule has 0 spiro atoms. The Bertz CT molecular complexity index is 1580. The Morgan fingerprint density at radius 3 is 1.80 bits per heavy atom. The largest absolute Gasteiger partial charge is 0.497 e. The lowest BCUT2D eigenvalue weighted by Crippen LogP contribution is -2.53. The molecular formula is C35H39N3O5S. The van der Waals surface area contributed by atoms with Crippen molar-refractivity contribution in [1.82, 2.24) is 14.5 Å². The Morgan fingerprint density at radius 2 is 1.25 bits per heavy atom. The van der Waals surface area contributed by atoms with Gasteiger partial charge < -0.3 is 15.0 Å². The summed E-state index contributed by atoms with van der Waals surface area (Å²) in [6, 6.07) is 34.8. The molecule has 44 heavy (non-hydrogen) atoms. The molecule has 9 heteroatoms. The van der Waals surface area contributed by atoms with E-state index in [1.54, 1.807) is 19.2 Å². The second-order valence-electron chi connectivity index (χ2n) is 10.6. The maximum atomic E-state index is 14.2. The Morgan fingerprint density at radius 1 is 0.727 bits per heavy atom. The molecule has 230 valence electrons. The van der Waals surface area contributed by atoms with Gasteiger partial charge in [0.05, 0.1) is 19.9 Å². The molecule has 8 nitrogen and oxygen atoms in total. The number of nitrogens with zero attached hydrogens (tertiary/aromatic N) is 2. The number of sulfonamides is 1. The van der Waals surface area contributed by atoms with Gasteiger partial charge in [0.15, 0.2) is 0 Å². The molecule has 0 saturated carbocycles. The van der Waals surface area contributed by atoms with Gasteiger partial charge in [-0.3, -0.25) is 9.59 Å². The van der Waals surface area contributed by atoms with Gasteiger partial charge in [0, 0.05) is 26.1 Å². The first-order valence-corrected chi connectivity index (χ1v) is 16.3. The third kappa shape index (κ3) is 9.79. The molecule has 0 unspecified atom stereocenters. The van der Waals surface area contributed by atoms with Gasteiger partial charge in [0.25, 0.3) is 0 Å². The van der Waals surface area contributed by atoms with E-state index in [0.29, 0.717) is 18.7 Å². The Kier molecular flexibility index (Phi) is 11.7. The lowest BCUT2D eigenvalue weighted by Gasteiger charge is -2.33. The molecule has 0 fully saturated rings. The van der Waals surface area contributed by atoms with Crippen molar-refractivity contribution in [3.05, 3.63) is 138 Å². The van der Waals surface area contributed by atoms with E-state index < -0.39 is 28.5 Å². The summed E-state index contributed by atoms with van der Waals surface area (Å²) in [5.74, 6) is -0.112.